The molecule has 1 aromatic carbocycles. The standard InChI is InChI=1S/C18H24N4O7/c19-17(20)21-6-2-4-9-3-1-5-10-12(9)11(7-22-10)28-16(26)14-13(24)15(25)18(27,8-23)29-14/h1,3,5,7,13-15,22-25,27H,2,4,6,8H2,(H4,19,20,21). The number of carbonyl (C=O) groups excluding carboxylic acids is 1. The number of hydrogen-bond donors (Lipinski definition) is 7. The average Bonchev–Trinajstić information content (AvgIpc) is 3.20. The molecule has 29 heavy (non-hydrogen) atoms. The number of esters is 1. The van der Waals surface area contributed by atoms with Gasteiger partial charge in [0, 0.05) is 23.6 Å². The number of aryl methyl sites for hydroxylation is 1. The van der Waals surface area contributed by atoms with Gasteiger partial charge in [-0.15, -0.1) is 0 Å². The highest BCUT2D eigenvalue weighted by Gasteiger charge is 2.56. The third-order valence-corrected chi connectivity index (χ3v) is 4.75. The van der Waals surface area contributed by atoms with Crippen molar-refractivity contribution in [3.05, 3.63) is 30.0 Å². The summed E-state index contributed by atoms with van der Waals surface area (Å²) in [6, 6.07) is 5.53. The number of aliphatic hydroxyl groups excluding tert-OH is 3. The van der Waals surface area contributed by atoms with Gasteiger partial charge >= 0.3 is 5.97 Å². The molecule has 3 rings (SSSR count). The van der Waals surface area contributed by atoms with Crippen LogP contribution in [0, 0.1) is 0 Å². The number of hydrogen-bond acceptors (Lipinski definition) is 8. The van der Waals surface area contributed by atoms with E-state index in [0.717, 1.165) is 11.1 Å². The number of benzene rings is 1. The monoisotopic (exact) mass is 408 g/mol. The number of ether oxygens (including phenoxy) is 2. The topological polar surface area (TPSA) is 197 Å². The fourth-order valence-electron chi connectivity index (χ4n) is 3.27. The first-order chi connectivity index (χ1) is 13.8. The molecule has 0 radical (unpaired) electrons. The van der Waals surface area contributed by atoms with Crippen molar-refractivity contribution in [1.29, 1.82) is 0 Å². The molecule has 4 atom stereocenters. The van der Waals surface area contributed by atoms with Crippen LogP contribution in [0.4, 0.5) is 0 Å². The van der Waals surface area contributed by atoms with Crippen LogP contribution in [0.15, 0.2) is 29.4 Å². The van der Waals surface area contributed by atoms with Crippen molar-refractivity contribution in [1.82, 2.24) is 4.98 Å². The first-order valence-corrected chi connectivity index (χ1v) is 9.00. The summed E-state index contributed by atoms with van der Waals surface area (Å²) in [6.45, 7) is -0.556. The van der Waals surface area contributed by atoms with Crippen molar-refractivity contribution in [2.75, 3.05) is 13.2 Å². The van der Waals surface area contributed by atoms with Gasteiger partial charge in [0.15, 0.2) is 17.8 Å². The molecule has 0 saturated carbocycles. The van der Waals surface area contributed by atoms with Crippen LogP contribution in [-0.2, 0) is 16.0 Å². The van der Waals surface area contributed by atoms with Gasteiger partial charge < -0.3 is 46.4 Å². The summed E-state index contributed by atoms with van der Waals surface area (Å²) in [7, 11) is 0. The minimum Gasteiger partial charge on any atom is -0.422 e. The maximum Gasteiger partial charge on any atom is 0.343 e. The predicted molar refractivity (Wildman–Crippen MR) is 102 cm³/mol. The smallest absolute Gasteiger partial charge is 0.343 e. The van der Waals surface area contributed by atoms with Gasteiger partial charge in [0.2, 0.25) is 5.79 Å². The quantitative estimate of drug-likeness (QED) is 0.118. The normalized spacial score (nSPS) is 26.6. The zero-order chi connectivity index (χ0) is 21.2. The molecule has 2 aromatic rings. The second-order valence-corrected chi connectivity index (χ2v) is 6.80. The Kier molecular flexibility index (Phi) is 6.05. The molecule has 0 amide bonds. The van der Waals surface area contributed by atoms with Crippen molar-refractivity contribution in [3.63, 3.8) is 0 Å². The third-order valence-electron chi connectivity index (χ3n) is 4.75. The Morgan fingerprint density at radius 1 is 1.34 bits per heavy atom. The number of rotatable bonds is 7. The SMILES string of the molecule is NC(N)=NCCCc1cccc2[nH]cc(OC(=O)C3OC(O)(CO)C(O)C3O)c12. The van der Waals surface area contributed by atoms with E-state index in [1.807, 2.05) is 12.1 Å². The summed E-state index contributed by atoms with van der Waals surface area (Å²) >= 11 is 0. The number of aromatic amines is 1. The average molecular weight is 408 g/mol. The Morgan fingerprint density at radius 2 is 2.10 bits per heavy atom. The Bertz CT molecular complexity index is 911. The molecule has 158 valence electrons. The molecule has 0 aliphatic carbocycles. The van der Waals surface area contributed by atoms with E-state index < -0.39 is 36.7 Å². The van der Waals surface area contributed by atoms with Crippen LogP contribution in [0.1, 0.15) is 12.0 Å². The molecule has 1 aliphatic heterocycles. The molecule has 0 spiro atoms. The largest absolute Gasteiger partial charge is 0.422 e. The summed E-state index contributed by atoms with van der Waals surface area (Å²) in [6.07, 6.45) is -2.53. The van der Waals surface area contributed by atoms with E-state index in [-0.39, 0.29) is 11.7 Å². The first kappa shape index (κ1) is 21.0. The molecule has 11 nitrogen and oxygen atoms in total. The lowest BCUT2D eigenvalue weighted by Crippen LogP contribution is -2.46. The number of aliphatic hydroxyl groups is 4. The van der Waals surface area contributed by atoms with Gasteiger partial charge in [0.25, 0.3) is 0 Å². The molecule has 4 unspecified atom stereocenters. The minimum absolute atomic E-state index is 0.0135. The molecule has 1 aliphatic rings. The van der Waals surface area contributed by atoms with Gasteiger partial charge in [-0.1, -0.05) is 12.1 Å². The molecule has 1 fully saturated rings. The molecular weight excluding hydrogens is 384 g/mol. The van der Waals surface area contributed by atoms with E-state index in [9.17, 15) is 20.1 Å². The lowest BCUT2D eigenvalue weighted by Gasteiger charge is -2.22. The highest BCUT2D eigenvalue weighted by Crippen LogP contribution is 2.33. The number of aromatic nitrogens is 1. The van der Waals surface area contributed by atoms with E-state index in [2.05, 4.69) is 9.98 Å². The number of guanidine groups is 1. The van der Waals surface area contributed by atoms with Gasteiger partial charge in [0.1, 0.15) is 12.2 Å². The lowest BCUT2D eigenvalue weighted by atomic mass is 10.0. The van der Waals surface area contributed by atoms with Gasteiger partial charge in [0.05, 0.1) is 6.61 Å². The highest BCUT2D eigenvalue weighted by atomic mass is 16.7. The summed E-state index contributed by atoms with van der Waals surface area (Å²) in [5.41, 5.74) is 12.2. The maximum atomic E-state index is 12.5. The molecule has 0 bridgehead atoms. The zero-order valence-corrected chi connectivity index (χ0v) is 15.5. The fraction of sp³-hybridized carbons (Fsp3) is 0.444. The highest BCUT2D eigenvalue weighted by molar-refractivity contribution is 5.92. The second-order valence-electron chi connectivity index (χ2n) is 6.80. The summed E-state index contributed by atoms with van der Waals surface area (Å²) in [4.78, 5) is 19.4. The van der Waals surface area contributed by atoms with Crippen molar-refractivity contribution < 1.29 is 34.7 Å². The van der Waals surface area contributed by atoms with E-state index >= 15 is 0 Å². The Hall–Kier alpha value is -2.70. The number of H-pyrrole nitrogens is 1. The Balaban J connectivity index is 1.78. The van der Waals surface area contributed by atoms with Crippen LogP contribution in [0.3, 0.4) is 0 Å². The zero-order valence-electron chi connectivity index (χ0n) is 15.5. The van der Waals surface area contributed by atoms with Gasteiger partial charge in [-0.25, -0.2) is 4.79 Å². The van der Waals surface area contributed by atoms with Crippen molar-refractivity contribution >= 4 is 22.8 Å². The summed E-state index contributed by atoms with van der Waals surface area (Å²) in [5.74, 6) is -3.25. The van der Waals surface area contributed by atoms with Crippen LogP contribution in [0.25, 0.3) is 10.9 Å². The molecule has 1 aromatic heterocycles. The molecule has 2 heterocycles. The predicted octanol–water partition coefficient (Wildman–Crippen LogP) is -1.92. The van der Waals surface area contributed by atoms with Crippen LogP contribution in [0.5, 0.6) is 5.75 Å². The van der Waals surface area contributed by atoms with Crippen LogP contribution in [-0.4, -0.2) is 74.6 Å². The summed E-state index contributed by atoms with van der Waals surface area (Å²) in [5, 5.41) is 39.6. The van der Waals surface area contributed by atoms with Gasteiger partial charge in [-0.05, 0) is 24.5 Å². The molecule has 1 saturated heterocycles. The van der Waals surface area contributed by atoms with E-state index in [1.54, 1.807) is 6.07 Å². The molecule has 9 N–H and O–H groups in total. The van der Waals surface area contributed by atoms with Crippen molar-refractivity contribution in [3.8, 4) is 5.75 Å². The first-order valence-electron chi connectivity index (χ1n) is 9.00. The van der Waals surface area contributed by atoms with Crippen molar-refractivity contribution in [2.45, 2.75) is 36.9 Å². The molecular formula is C18H24N4O7. The second kappa shape index (κ2) is 8.35. The minimum atomic E-state index is -2.44. The number of nitrogens with one attached hydrogen (secondary N) is 1. The van der Waals surface area contributed by atoms with Gasteiger partial charge in [-0.3, -0.25) is 4.99 Å². The Morgan fingerprint density at radius 3 is 2.76 bits per heavy atom. The van der Waals surface area contributed by atoms with Crippen molar-refractivity contribution in [2.24, 2.45) is 16.5 Å². The fourth-order valence-corrected chi connectivity index (χ4v) is 3.27. The number of nitrogens with zero attached hydrogens (tertiary/aromatic N) is 1. The van der Waals surface area contributed by atoms with E-state index in [0.29, 0.717) is 24.8 Å². The number of carbonyl (C=O) groups is 1. The van der Waals surface area contributed by atoms with Gasteiger partial charge in [-0.2, -0.15) is 0 Å². The lowest BCUT2D eigenvalue weighted by molar-refractivity contribution is -0.246. The Labute approximate surface area is 165 Å². The number of aliphatic imine (C=N–C) groups is 1. The van der Waals surface area contributed by atoms with Crippen LogP contribution in [0.2, 0.25) is 0 Å². The van der Waals surface area contributed by atoms with E-state index in [4.69, 9.17) is 26.0 Å². The maximum absolute atomic E-state index is 12.5. The number of fused-ring (bicyclic) bond motifs is 1. The molecule has 11 heteroatoms. The van der Waals surface area contributed by atoms with Crippen LogP contribution >= 0.6 is 0 Å². The third kappa shape index (κ3) is 4.18. The van der Waals surface area contributed by atoms with E-state index in [1.165, 1.54) is 6.20 Å². The summed E-state index contributed by atoms with van der Waals surface area (Å²) < 4.78 is 10.3. The number of nitrogens with two attached hydrogens (primary N) is 2. The van der Waals surface area contributed by atoms with Crippen LogP contribution < -0.4 is 16.2 Å².